The molecule has 1 N–H and O–H groups in total. The van der Waals surface area contributed by atoms with Crippen LogP contribution in [0.25, 0.3) is 0 Å². The van der Waals surface area contributed by atoms with Crippen LogP contribution >= 0.6 is 22.9 Å². The molecule has 0 aliphatic carbocycles. The number of halogens is 1. The zero-order valence-corrected chi connectivity index (χ0v) is 13.8. The van der Waals surface area contributed by atoms with E-state index in [1.807, 2.05) is 6.07 Å². The number of nitrogens with one attached hydrogen (secondary N) is 1. The number of benzene rings is 1. The third-order valence-electron chi connectivity index (χ3n) is 4.18. The average molecular weight is 332 g/mol. The summed E-state index contributed by atoms with van der Waals surface area (Å²) in [5.41, 5.74) is 6.32. The Hall–Kier alpha value is -1.33. The highest BCUT2D eigenvalue weighted by atomic mass is 35.5. The third-order valence-corrected chi connectivity index (χ3v) is 5.49. The van der Waals surface area contributed by atoms with Gasteiger partial charge in [-0.15, -0.1) is 11.3 Å². The summed E-state index contributed by atoms with van der Waals surface area (Å²) in [6.07, 6.45) is 2.33. The van der Waals surface area contributed by atoms with Crippen molar-refractivity contribution in [1.82, 2.24) is 15.3 Å². The van der Waals surface area contributed by atoms with E-state index < -0.39 is 0 Å². The molecule has 1 fully saturated rings. The fraction of sp³-hybridized carbons (Fsp3) is 0.294. The maximum atomic E-state index is 6.05. The number of hydrogen-bond donors (Lipinski definition) is 1. The molecule has 1 aromatic carbocycles. The molecule has 0 bridgehead atoms. The van der Waals surface area contributed by atoms with Crippen molar-refractivity contribution in [2.45, 2.75) is 12.6 Å². The van der Waals surface area contributed by atoms with Crippen LogP contribution in [-0.2, 0) is 6.54 Å². The Morgan fingerprint density at radius 2 is 2.00 bits per heavy atom. The molecule has 114 valence electrons. The normalized spacial score (nSPS) is 21.8. The summed E-state index contributed by atoms with van der Waals surface area (Å²) < 4.78 is 0.853. The number of hydrazine groups is 1. The van der Waals surface area contributed by atoms with E-state index in [0.29, 0.717) is 0 Å². The van der Waals surface area contributed by atoms with Crippen molar-refractivity contribution in [2.75, 3.05) is 19.6 Å². The predicted octanol–water partition coefficient (Wildman–Crippen LogP) is 3.66. The van der Waals surface area contributed by atoms with Gasteiger partial charge in [0.1, 0.15) is 0 Å². The number of fused-ring (bicyclic) bond motifs is 1. The first kappa shape index (κ1) is 14.3. The third kappa shape index (κ3) is 2.92. The summed E-state index contributed by atoms with van der Waals surface area (Å²) in [6, 6.07) is 15.0. The molecule has 0 spiro atoms. The Bertz CT molecular complexity index is 682. The maximum Gasteiger partial charge on any atom is 0.0931 e. The molecule has 1 saturated heterocycles. The lowest BCUT2D eigenvalue weighted by Crippen LogP contribution is -2.47. The lowest BCUT2D eigenvalue weighted by Gasteiger charge is -2.35. The summed E-state index contributed by atoms with van der Waals surface area (Å²) in [6.45, 7) is 4.12. The minimum Gasteiger partial charge on any atom is -0.309 e. The zero-order chi connectivity index (χ0) is 14.9. The van der Waals surface area contributed by atoms with E-state index in [2.05, 4.69) is 57.8 Å². The van der Waals surface area contributed by atoms with Crippen molar-refractivity contribution in [2.24, 2.45) is 0 Å². The topological polar surface area (TPSA) is 18.5 Å². The molecule has 5 heteroatoms. The maximum absolute atomic E-state index is 6.05. The molecular weight excluding hydrogens is 314 g/mol. The first-order chi connectivity index (χ1) is 10.8. The van der Waals surface area contributed by atoms with Crippen LogP contribution in [0, 0.1) is 0 Å². The fourth-order valence-corrected chi connectivity index (χ4v) is 4.16. The summed E-state index contributed by atoms with van der Waals surface area (Å²) in [4.78, 5) is 3.78. The van der Waals surface area contributed by atoms with Crippen LogP contribution in [0.2, 0.25) is 4.34 Å². The second-order valence-corrected chi connectivity index (χ2v) is 7.50. The van der Waals surface area contributed by atoms with E-state index in [9.17, 15) is 0 Å². The van der Waals surface area contributed by atoms with Gasteiger partial charge >= 0.3 is 0 Å². The van der Waals surface area contributed by atoms with Crippen molar-refractivity contribution in [1.29, 1.82) is 0 Å². The van der Waals surface area contributed by atoms with Gasteiger partial charge in [0.2, 0.25) is 0 Å². The second-order valence-electron chi connectivity index (χ2n) is 5.75. The van der Waals surface area contributed by atoms with E-state index in [0.717, 1.165) is 30.5 Å². The van der Waals surface area contributed by atoms with E-state index >= 15 is 0 Å². The zero-order valence-electron chi connectivity index (χ0n) is 12.2. The molecule has 1 atom stereocenters. The Kier molecular flexibility index (Phi) is 3.92. The Labute approximate surface area is 139 Å². The monoisotopic (exact) mass is 331 g/mol. The van der Waals surface area contributed by atoms with Gasteiger partial charge < -0.3 is 5.01 Å². The van der Waals surface area contributed by atoms with Crippen molar-refractivity contribution >= 4 is 22.9 Å². The standard InChI is InChI=1S/C17H18ClN3S/c18-17-7-6-16(22-17)15-10-14-12-20(8-9-21(14)19-15)11-13-4-2-1-3-5-13/h1-7,10,15,19H,8-9,11-12H2. The van der Waals surface area contributed by atoms with Crippen LogP contribution in [0.1, 0.15) is 16.5 Å². The molecule has 22 heavy (non-hydrogen) atoms. The van der Waals surface area contributed by atoms with Crippen LogP contribution in [0.5, 0.6) is 0 Å². The van der Waals surface area contributed by atoms with Gasteiger partial charge in [-0.25, -0.2) is 5.43 Å². The minimum atomic E-state index is 0.268. The summed E-state index contributed by atoms with van der Waals surface area (Å²) in [7, 11) is 0. The second kappa shape index (κ2) is 6.05. The molecule has 1 unspecified atom stereocenters. The summed E-state index contributed by atoms with van der Waals surface area (Å²) in [5, 5.41) is 2.29. The number of rotatable bonds is 3. The van der Waals surface area contributed by atoms with Gasteiger partial charge in [0, 0.05) is 36.8 Å². The molecule has 3 nitrogen and oxygen atoms in total. The lowest BCUT2D eigenvalue weighted by atomic mass is 10.2. The van der Waals surface area contributed by atoms with E-state index in [-0.39, 0.29) is 6.04 Å². The quantitative estimate of drug-likeness (QED) is 0.926. The first-order valence-electron chi connectivity index (χ1n) is 7.54. The molecule has 4 rings (SSSR count). The van der Waals surface area contributed by atoms with E-state index in [1.54, 1.807) is 11.3 Å². The van der Waals surface area contributed by atoms with Gasteiger partial charge in [-0.05, 0) is 23.8 Å². The molecular formula is C17H18ClN3S. The smallest absolute Gasteiger partial charge is 0.0931 e. The van der Waals surface area contributed by atoms with Gasteiger partial charge in [0.25, 0.3) is 0 Å². The SMILES string of the molecule is Clc1ccc(C2C=C3CN(Cc4ccccc4)CCN3N2)s1. The number of piperazine rings is 1. The highest BCUT2D eigenvalue weighted by Crippen LogP contribution is 2.33. The van der Waals surface area contributed by atoms with Crippen LogP contribution < -0.4 is 5.43 Å². The minimum absolute atomic E-state index is 0.268. The van der Waals surface area contributed by atoms with E-state index in [1.165, 1.54) is 16.1 Å². The van der Waals surface area contributed by atoms with Crippen LogP contribution in [0.3, 0.4) is 0 Å². The van der Waals surface area contributed by atoms with Crippen LogP contribution in [0.15, 0.2) is 54.2 Å². The molecule has 2 aliphatic rings. The van der Waals surface area contributed by atoms with Crippen molar-refractivity contribution in [3.63, 3.8) is 0 Å². The van der Waals surface area contributed by atoms with Gasteiger partial charge in [-0.2, -0.15) is 0 Å². The Morgan fingerprint density at radius 1 is 1.14 bits per heavy atom. The largest absolute Gasteiger partial charge is 0.309 e. The van der Waals surface area contributed by atoms with Crippen molar-refractivity contribution in [3.05, 3.63) is 69.0 Å². The predicted molar refractivity (Wildman–Crippen MR) is 91.7 cm³/mol. The number of hydrogen-bond acceptors (Lipinski definition) is 4. The van der Waals surface area contributed by atoms with Crippen LogP contribution in [-0.4, -0.2) is 29.5 Å². The van der Waals surface area contributed by atoms with Gasteiger partial charge in [0.05, 0.1) is 10.4 Å². The Morgan fingerprint density at radius 3 is 2.77 bits per heavy atom. The molecule has 2 aliphatic heterocycles. The Balaban J connectivity index is 1.45. The van der Waals surface area contributed by atoms with E-state index in [4.69, 9.17) is 11.6 Å². The van der Waals surface area contributed by atoms with Crippen molar-refractivity contribution in [3.8, 4) is 0 Å². The fourth-order valence-electron chi connectivity index (χ4n) is 3.08. The highest BCUT2D eigenvalue weighted by molar-refractivity contribution is 7.16. The first-order valence-corrected chi connectivity index (χ1v) is 8.73. The molecule has 2 aromatic rings. The molecule has 0 radical (unpaired) electrons. The lowest BCUT2D eigenvalue weighted by molar-refractivity contribution is 0.140. The molecule has 0 amide bonds. The van der Waals surface area contributed by atoms with Gasteiger partial charge in [-0.3, -0.25) is 4.90 Å². The van der Waals surface area contributed by atoms with Gasteiger partial charge in [0.15, 0.2) is 0 Å². The number of nitrogens with zero attached hydrogens (tertiary/aromatic N) is 2. The summed E-state index contributed by atoms with van der Waals surface area (Å²) >= 11 is 7.71. The summed E-state index contributed by atoms with van der Waals surface area (Å²) in [5.74, 6) is 0. The number of thiophene rings is 1. The molecule has 1 aromatic heterocycles. The van der Waals surface area contributed by atoms with Crippen LogP contribution in [0.4, 0.5) is 0 Å². The highest BCUT2D eigenvalue weighted by Gasteiger charge is 2.29. The average Bonchev–Trinajstić information content (AvgIpc) is 3.14. The van der Waals surface area contributed by atoms with Crippen molar-refractivity contribution < 1.29 is 0 Å². The molecule has 3 heterocycles. The van der Waals surface area contributed by atoms with Gasteiger partial charge in [-0.1, -0.05) is 41.9 Å². The molecule has 0 saturated carbocycles.